The zero-order valence-electron chi connectivity index (χ0n) is 10.8. The van der Waals surface area contributed by atoms with Crippen molar-refractivity contribution in [1.82, 2.24) is 0 Å². The highest BCUT2D eigenvalue weighted by molar-refractivity contribution is 7.92. The quantitative estimate of drug-likeness (QED) is 0.748. The number of hydrogen-bond donors (Lipinski definition) is 2. The molecule has 1 atom stereocenters. The molecule has 0 aliphatic rings. The third kappa shape index (κ3) is 5.72. The second-order valence-corrected chi connectivity index (χ2v) is 6.11. The van der Waals surface area contributed by atoms with Gasteiger partial charge in [0.05, 0.1) is 6.26 Å². The molecule has 2 N–H and O–H groups in total. The molecule has 0 radical (unpaired) electrons. The minimum Gasteiger partial charge on any atom is -0.383 e. The summed E-state index contributed by atoms with van der Waals surface area (Å²) in [6.07, 6.45) is 5.03. The maximum atomic E-state index is 11.0. The van der Waals surface area contributed by atoms with E-state index in [1.165, 1.54) is 0 Å². The second kappa shape index (κ2) is 6.44. The van der Waals surface area contributed by atoms with Gasteiger partial charge in [0.25, 0.3) is 0 Å². The zero-order chi connectivity index (χ0) is 13.6. The van der Waals surface area contributed by atoms with Crippen molar-refractivity contribution in [3.05, 3.63) is 36.9 Å². The summed E-state index contributed by atoms with van der Waals surface area (Å²) in [4.78, 5) is 0. The molecular formula is C13H20N2O2S. The van der Waals surface area contributed by atoms with Crippen LogP contribution in [0.25, 0.3) is 0 Å². The first-order valence-electron chi connectivity index (χ1n) is 5.86. The first-order chi connectivity index (χ1) is 8.40. The number of hydrogen-bond acceptors (Lipinski definition) is 3. The SMILES string of the molecule is C=CCCC(C)Nc1ccc(NS(C)(=O)=O)cc1. The van der Waals surface area contributed by atoms with Crippen LogP contribution in [-0.2, 0) is 10.0 Å². The van der Waals surface area contributed by atoms with E-state index >= 15 is 0 Å². The molecule has 0 heterocycles. The summed E-state index contributed by atoms with van der Waals surface area (Å²) in [5.41, 5.74) is 1.55. The molecule has 100 valence electrons. The van der Waals surface area contributed by atoms with Gasteiger partial charge in [0.1, 0.15) is 0 Å². The Balaban J connectivity index is 2.57. The molecule has 0 amide bonds. The maximum absolute atomic E-state index is 11.0. The lowest BCUT2D eigenvalue weighted by Gasteiger charge is -2.14. The monoisotopic (exact) mass is 268 g/mol. The number of rotatable bonds is 7. The Kier molecular flexibility index (Phi) is 5.22. The Morgan fingerprint density at radius 1 is 1.28 bits per heavy atom. The Hall–Kier alpha value is -1.49. The van der Waals surface area contributed by atoms with Crippen LogP contribution < -0.4 is 10.0 Å². The van der Waals surface area contributed by atoms with E-state index in [-0.39, 0.29) is 0 Å². The molecule has 1 unspecified atom stereocenters. The van der Waals surface area contributed by atoms with Crippen LogP contribution in [0.15, 0.2) is 36.9 Å². The number of anilines is 2. The molecule has 1 aromatic rings. The lowest BCUT2D eigenvalue weighted by molar-refractivity contribution is 0.607. The van der Waals surface area contributed by atoms with E-state index in [9.17, 15) is 8.42 Å². The van der Waals surface area contributed by atoms with E-state index in [1.54, 1.807) is 12.1 Å². The van der Waals surface area contributed by atoms with Crippen molar-refractivity contribution < 1.29 is 8.42 Å². The molecule has 0 saturated carbocycles. The van der Waals surface area contributed by atoms with Gasteiger partial charge in [-0.1, -0.05) is 6.08 Å². The van der Waals surface area contributed by atoms with Gasteiger partial charge in [0.15, 0.2) is 0 Å². The van der Waals surface area contributed by atoms with Crippen LogP contribution in [0.5, 0.6) is 0 Å². The van der Waals surface area contributed by atoms with Gasteiger partial charge >= 0.3 is 0 Å². The minimum absolute atomic E-state index is 0.358. The van der Waals surface area contributed by atoms with E-state index in [1.807, 2.05) is 18.2 Å². The maximum Gasteiger partial charge on any atom is 0.229 e. The summed E-state index contributed by atoms with van der Waals surface area (Å²) in [6.45, 7) is 5.80. The summed E-state index contributed by atoms with van der Waals surface area (Å²) in [5, 5.41) is 3.34. The van der Waals surface area contributed by atoms with Gasteiger partial charge in [0.2, 0.25) is 10.0 Å². The Morgan fingerprint density at radius 3 is 2.33 bits per heavy atom. The van der Waals surface area contributed by atoms with Crippen LogP contribution in [0.2, 0.25) is 0 Å². The van der Waals surface area contributed by atoms with Gasteiger partial charge in [-0.15, -0.1) is 6.58 Å². The topological polar surface area (TPSA) is 58.2 Å². The minimum atomic E-state index is -3.21. The molecule has 0 aliphatic heterocycles. The summed E-state index contributed by atoms with van der Waals surface area (Å²) in [6, 6.07) is 7.56. The summed E-state index contributed by atoms with van der Waals surface area (Å²) in [5.74, 6) is 0. The Morgan fingerprint density at radius 2 is 1.83 bits per heavy atom. The molecule has 0 spiro atoms. The fraction of sp³-hybridized carbons (Fsp3) is 0.385. The number of benzene rings is 1. The van der Waals surface area contributed by atoms with Crippen molar-refractivity contribution in [1.29, 1.82) is 0 Å². The van der Waals surface area contributed by atoms with Crippen LogP contribution >= 0.6 is 0 Å². The van der Waals surface area contributed by atoms with Gasteiger partial charge in [-0.25, -0.2) is 8.42 Å². The average Bonchev–Trinajstić information content (AvgIpc) is 2.27. The van der Waals surface area contributed by atoms with Gasteiger partial charge in [0, 0.05) is 17.4 Å². The highest BCUT2D eigenvalue weighted by Crippen LogP contribution is 2.16. The van der Waals surface area contributed by atoms with Gasteiger partial charge < -0.3 is 5.32 Å². The third-order valence-corrected chi connectivity index (χ3v) is 3.01. The molecule has 1 rings (SSSR count). The average molecular weight is 268 g/mol. The molecule has 18 heavy (non-hydrogen) atoms. The fourth-order valence-corrected chi connectivity index (χ4v) is 2.14. The van der Waals surface area contributed by atoms with Crippen molar-refractivity contribution in [2.45, 2.75) is 25.8 Å². The summed E-state index contributed by atoms with van der Waals surface area (Å²) >= 11 is 0. The van der Waals surface area contributed by atoms with Gasteiger partial charge in [-0.2, -0.15) is 0 Å². The van der Waals surface area contributed by atoms with Crippen LogP contribution in [0.4, 0.5) is 11.4 Å². The fourth-order valence-electron chi connectivity index (χ4n) is 1.57. The predicted octanol–water partition coefficient (Wildman–Crippen LogP) is 2.82. The highest BCUT2D eigenvalue weighted by atomic mass is 32.2. The van der Waals surface area contributed by atoms with Crippen LogP contribution in [0.1, 0.15) is 19.8 Å². The highest BCUT2D eigenvalue weighted by Gasteiger charge is 2.03. The van der Waals surface area contributed by atoms with E-state index in [0.717, 1.165) is 24.8 Å². The molecular weight excluding hydrogens is 248 g/mol. The zero-order valence-corrected chi connectivity index (χ0v) is 11.6. The number of allylic oxidation sites excluding steroid dienone is 1. The van der Waals surface area contributed by atoms with Crippen LogP contribution in [0.3, 0.4) is 0 Å². The lowest BCUT2D eigenvalue weighted by Crippen LogP contribution is -2.14. The van der Waals surface area contributed by atoms with Crippen LogP contribution in [-0.4, -0.2) is 20.7 Å². The predicted molar refractivity (Wildman–Crippen MR) is 77.4 cm³/mol. The second-order valence-electron chi connectivity index (χ2n) is 4.36. The molecule has 5 heteroatoms. The van der Waals surface area contributed by atoms with Gasteiger partial charge in [-0.05, 0) is 44.0 Å². The van der Waals surface area contributed by atoms with Crippen molar-refractivity contribution in [3.63, 3.8) is 0 Å². The Labute approximate surface area is 109 Å². The van der Waals surface area contributed by atoms with Crippen molar-refractivity contribution >= 4 is 21.4 Å². The number of sulfonamides is 1. The first kappa shape index (κ1) is 14.6. The smallest absolute Gasteiger partial charge is 0.229 e. The molecule has 0 bridgehead atoms. The lowest BCUT2D eigenvalue weighted by atomic mass is 10.1. The van der Waals surface area contributed by atoms with Crippen molar-refractivity contribution in [2.75, 3.05) is 16.3 Å². The molecule has 0 aliphatic carbocycles. The van der Waals surface area contributed by atoms with E-state index < -0.39 is 10.0 Å². The molecule has 0 aromatic heterocycles. The molecule has 0 saturated heterocycles. The van der Waals surface area contributed by atoms with Crippen molar-refractivity contribution in [2.24, 2.45) is 0 Å². The van der Waals surface area contributed by atoms with Gasteiger partial charge in [-0.3, -0.25) is 4.72 Å². The summed E-state index contributed by atoms with van der Waals surface area (Å²) in [7, 11) is -3.21. The van der Waals surface area contributed by atoms with E-state index in [0.29, 0.717) is 11.7 Å². The molecule has 4 nitrogen and oxygen atoms in total. The third-order valence-electron chi connectivity index (χ3n) is 2.41. The normalized spacial score (nSPS) is 12.8. The van der Waals surface area contributed by atoms with E-state index in [2.05, 4.69) is 23.5 Å². The molecule has 1 aromatic carbocycles. The largest absolute Gasteiger partial charge is 0.383 e. The number of nitrogens with one attached hydrogen (secondary N) is 2. The molecule has 0 fully saturated rings. The standard InChI is InChI=1S/C13H20N2O2S/c1-4-5-6-11(2)14-12-7-9-13(10-8-12)15-18(3,16)17/h4,7-11,14-15H,1,5-6H2,2-3H3. The first-order valence-corrected chi connectivity index (χ1v) is 7.75. The van der Waals surface area contributed by atoms with Crippen LogP contribution in [0, 0.1) is 0 Å². The van der Waals surface area contributed by atoms with Crippen molar-refractivity contribution in [3.8, 4) is 0 Å². The Bertz CT molecular complexity index is 480. The van der Waals surface area contributed by atoms with E-state index in [4.69, 9.17) is 0 Å². The summed E-state index contributed by atoms with van der Waals surface area (Å²) < 4.78 is 24.5.